The van der Waals surface area contributed by atoms with E-state index in [1.807, 2.05) is 6.07 Å². The summed E-state index contributed by atoms with van der Waals surface area (Å²) in [5.74, 6) is 0.316. The number of nitrogens with one attached hydrogen (secondary N) is 1. The van der Waals surface area contributed by atoms with E-state index >= 15 is 0 Å². The fourth-order valence-corrected chi connectivity index (χ4v) is 3.66. The molecule has 6 nitrogen and oxygen atoms in total. The van der Waals surface area contributed by atoms with Crippen molar-refractivity contribution >= 4 is 40.2 Å². The lowest BCUT2D eigenvalue weighted by atomic mass is 10.2. The van der Waals surface area contributed by atoms with Gasteiger partial charge in [0.2, 0.25) is 0 Å². The van der Waals surface area contributed by atoms with Crippen molar-refractivity contribution in [1.82, 2.24) is 19.5 Å². The highest BCUT2D eigenvalue weighted by molar-refractivity contribution is 6.35. The van der Waals surface area contributed by atoms with Crippen molar-refractivity contribution < 1.29 is 9.13 Å². The zero-order valence-corrected chi connectivity index (χ0v) is 16.0. The number of benzene rings is 1. The summed E-state index contributed by atoms with van der Waals surface area (Å²) in [5.41, 5.74) is 1.73. The van der Waals surface area contributed by atoms with Crippen molar-refractivity contribution in [2.75, 3.05) is 11.9 Å². The maximum Gasteiger partial charge on any atom is 0.312 e. The topological polar surface area (TPSA) is 64.9 Å². The van der Waals surface area contributed by atoms with Gasteiger partial charge in [-0.05, 0) is 37.0 Å². The normalized spacial score (nSPS) is 17.8. The molecule has 1 N–H and O–H groups in total. The Morgan fingerprint density at radius 1 is 1.22 bits per heavy atom. The first-order valence-electron chi connectivity index (χ1n) is 8.81. The molecule has 1 unspecified atom stereocenters. The molecule has 0 spiro atoms. The first kappa shape index (κ1) is 18.4. The van der Waals surface area contributed by atoms with Crippen LogP contribution in [-0.4, -0.2) is 26.1 Å². The molecular weight excluding hydrogens is 392 g/mol. The van der Waals surface area contributed by atoms with E-state index in [0.717, 1.165) is 31.2 Å². The number of fused-ring (bicyclic) bond motifs is 1. The molecule has 1 aliphatic heterocycles. The highest BCUT2D eigenvalue weighted by atomic mass is 35.5. The van der Waals surface area contributed by atoms with Crippen LogP contribution in [-0.2, 0) is 11.3 Å². The highest BCUT2D eigenvalue weighted by Gasteiger charge is 2.20. The van der Waals surface area contributed by atoms with Crippen LogP contribution >= 0.6 is 23.2 Å². The fourth-order valence-electron chi connectivity index (χ4n) is 3.19. The number of imidazole rings is 1. The number of hydrogen-bond acceptors (Lipinski definition) is 5. The maximum atomic E-state index is 14.1. The van der Waals surface area contributed by atoms with Gasteiger partial charge in [0.15, 0.2) is 17.0 Å². The maximum absolute atomic E-state index is 14.1. The number of anilines is 1. The largest absolute Gasteiger partial charge is 0.364 e. The molecule has 0 bridgehead atoms. The van der Waals surface area contributed by atoms with Gasteiger partial charge in [-0.2, -0.15) is 14.4 Å². The highest BCUT2D eigenvalue weighted by Crippen LogP contribution is 2.28. The van der Waals surface area contributed by atoms with Gasteiger partial charge in [0.1, 0.15) is 6.23 Å². The molecule has 4 rings (SSSR count). The van der Waals surface area contributed by atoms with Crippen LogP contribution in [0.2, 0.25) is 10.0 Å². The number of halogens is 3. The van der Waals surface area contributed by atoms with Gasteiger partial charge < -0.3 is 10.1 Å². The second-order valence-electron chi connectivity index (χ2n) is 6.43. The smallest absolute Gasteiger partial charge is 0.312 e. The van der Waals surface area contributed by atoms with Gasteiger partial charge in [-0.3, -0.25) is 4.57 Å². The molecule has 0 aliphatic carbocycles. The summed E-state index contributed by atoms with van der Waals surface area (Å²) in [5, 5.41) is 4.18. The molecule has 3 aromatic rings. The van der Waals surface area contributed by atoms with E-state index in [9.17, 15) is 4.39 Å². The quantitative estimate of drug-likeness (QED) is 0.615. The Labute approximate surface area is 165 Å². The minimum atomic E-state index is -0.817. The first-order valence-corrected chi connectivity index (χ1v) is 9.57. The molecule has 1 saturated heterocycles. The Balaban J connectivity index is 1.63. The van der Waals surface area contributed by atoms with Crippen LogP contribution in [0.3, 0.4) is 0 Å². The third kappa shape index (κ3) is 4.00. The number of rotatable bonds is 4. The third-order valence-electron chi connectivity index (χ3n) is 4.57. The Bertz CT molecular complexity index is 956. The van der Waals surface area contributed by atoms with Gasteiger partial charge in [0.25, 0.3) is 0 Å². The lowest BCUT2D eigenvalue weighted by Crippen LogP contribution is -2.12. The second-order valence-corrected chi connectivity index (χ2v) is 7.27. The van der Waals surface area contributed by atoms with Gasteiger partial charge in [-0.1, -0.05) is 35.7 Å². The van der Waals surface area contributed by atoms with E-state index in [0.29, 0.717) is 40.2 Å². The van der Waals surface area contributed by atoms with Gasteiger partial charge >= 0.3 is 6.08 Å². The van der Waals surface area contributed by atoms with Gasteiger partial charge in [0, 0.05) is 23.2 Å². The molecule has 0 radical (unpaired) electrons. The number of nitrogens with zero attached hydrogens (tertiary/aromatic N) is 4. The summed E-state index contributed by atoms with van der Waals surface area (Å²) in [6, 6.07) is 5.22. The Hall–Kier alpha value is -1.96. The summed E-state index contributed by atoms with van der Waals surface area (Å²) < 4.78 is 21.7. The lowest BCUT2D eigenvalue weighted by Gasteiger charge is -2.17. The van der Waals surface area contributed by atoms with Crippen molar-refractivity contribution in [3.8, 4) is 0 Å². The molecule has 1 fully saturated rings. The van der Waals surface area contributed by atoms with Crippen LogP contribution in [0.1, 0.15) is 37.5 Å². The molecule has 0 saturated carbocycles. The lowest BCUT2D eigenvalue weighted by molar-refractivity contribution is 0.00928. The average Bonchev–Trinajstić information content (AvgIpc) is 2.87. The zero-order chi connectivity index (χ0) is 18.8. The molecule has 142 valence electrons. The predicted molar refractivity (Wildman–Crippen MR) is 103 cm³/mol. The van der Waals surface area contributed by atoms with Gasteiger partial charge in [-0.15, -0.1) is 0 Å². The van der Waals surface area contributed by atoms with Crippen molar-refractivity contribution in [1.29, 1.82) is 0 Å². The number of hydrogen-bond donors (Lipinski definition) is 1. The molecule has 0 amide bonds. The van der Waals surface area contributed by atoms with E-state index in [4.69, 9.17) is 27.9 Å². The average molecular weight is 410 g/mol. The van der Waals surface area contributed by atoms with E-state index < -0.39 is 6.08 Å². The second kappa shape index (κ2) is 7.96. The minimum Gasteiger partial charge on any atom is -0.364 e. The van der Waals surface area contributed by atoms with Crippen LogP contribution in [0.4, 0.5) is 10.2 Å². The molecular formula is C18H18Cl2FN5O. The third-order valence-corrected chi connectivity index (χ3v) is 5.16. The Morgan fingerprint density at radius 2 is 2.11 bits per heavy atom. The SMILES string of the molecule is Fc1nc(NCc2ccc(Cl)cc2Cl)c2ncn(C3CCCCCO3)c2n1. The van der Waals surface area contributed by atoms with Crippen molar-refractivity contribution in [2.45, 2.75) is 38.5 Å². The summed E-state index contributed by atoms with van der Waals surface area (Å²) in [6.45, 7) is 1.03. The number of aromatic nitrogens is 4. The summed E-state index contributed by atoms with van der Waals surface area (Å²) in [4.78, 5) is 12.2. The standard InChI is InChI=1S/C18H18Cl2FN5O/c19-12-6-5-11(13(20)8-12)9-22-16-15-17(25-18(21)24-16)26(10-23-15)14-4-2-1-3-7-27-14/h5-6,8,10,14H,1-4,7,9H2,(H,22,24,25). The molecule has 1 atom stereocenters. The van der Waals surface area contributed by atoms with E-state index in [-0.39, 0.29) is 6.23 Å². The van der Waals surface area contributed by atoms with Crippen molar-refractivity contribution in [3.63, 3.8) is 0 Å². The number of ether oxygens (including phenoxy) is 1. The van der Waals surface area contributed by atoms with Crippen molar-refractivity contribution in [2.24, 2.45) is 0 Å². The zero-order valence-electron chi connectivity index (χ0n) is 14.5. The molecule has 1 aromatic carbocycles. The van der Waals surface area contributed by atoms with Crippen molar-refractivity contribution in [3.05, 3.63) is 46.2 Å². The van der Waals surface area contributed by atoms with Crippen LogP contribution in [0.5, 0.6) is 0 Å². The fraction of sp³-hybridized carbons (Fsp3) is 0.389. The van der Waals surface area contributed by atoms with E-state index in [2.05, 4.69) is 20.3 Å². The summed E-state index contributed by atoms with van der Waals surface area (Å²) >= 11 is 12.1. The van der Waals surface area contributed by atoms with Crippen LogP contribution < -0.4 is 5.32 Å². The van der Waals surface area contributed by atoms with Gasteiger partial charge in [-0.25, -0.2) is 4.98 Å². The van der Waals surface area contributed by atoms with Crippen LogP contribution in [0.25, 0.3) is 11.2 Å². The predicted octanol–water partition coefficient (Wildman–Crippen LogP) is 4.97. The first-order chi connectivity index (χ1) is 13.1. The van der Waals surface area contributed by atoms with E-state index in [1.165, 1.54) is 0 Å². The summed E-state index contributed by atoms with van der Waals surface area (Å²) in [6.07, 6.45) is 4.68. The van der Waals surface area contributed by atoms with Crippen LogP contribution in [0, 0.1) is 6.08 Å². The Morgan fingerprint density at radius 3 is 2.96 bits per heavy atom. The molecule has 27 heavy (non-hydrogen) atoms. The summed E-state index contributed by atoms with van der Waals surface area (Å²) in [7, 11) is 0. The molecule has 9 heteroatoms. The molecule has 2 aromatic heterocycles. The van der Waals surface area contributed by atoms with E-state index in [1.54, 1.807) is 23.0 Å². The van der Waals surface area contributed by atoms with Crippen LogP contribution in [0.15, 0.2) is 24.5 Å². The Kier molecular flexibility index (Phi) is 5.43. The molecule has 3 heterocycles. The monoisotopic (exact) mass is 409 g/mol. The van der Waals surface area contributed by atoms with Gasteiger partial charge in [0.05, 0.1) is 6.33 Å². The molecule has 1 aliphatic rings. The minimum absolute atomic E-state index is 0.189.